The molecule has 0 saturated carbocycles. The van der Waals surface area contributed by atoms with Gasteiger partial charge < -0.3 is 15.4 Å². The highest BCUT2D eigenvalue weighted by atomic mass is 127. The first-order valence-electron chi connectivity index (χ1n) is 6.17. The fourth-order valence-corrected chi connectivity index (χ4v) is 1.85. The van der Waals surface area contributed by atoms with Crippen LogP contribution in [-0.4, -0.2) is 34.8 Å². The summed E-state index contributed by atoms with van der Waals surface area (Å²) in [7, 11) is 0. The van der Waals surface area contributed by atoms with E-state index in [-0.39, 0.29) is 5.28 Å². The lowest BCUT2D eigenvalue weighted by atomic mass is 10.2. The van der Waals surface area contributed by atoms with Crippen LogP contribution >= 0.6 is 34.2 Å². The molecule has 1 rings (SSSR count). The van der Waals surface area contributed by atoms with Crippen molar-refractivity contribution in [2.45, 2.75) is 32.8 Å². The number of aromatic nitrogens is 2. The molecule has 0 bridgehead atoms. The molecule has 20 heavy (non-hydrogen) atoms. The highest BCUT2D eigenvalue weighted by Crippen LogP contribution is 2.15. The number of anilines is 1. The molecule has 1 heterocycles. The Labute approximate surface area is 137 Å². The van der Waals surface area contributed by atoms with Crippen LogP contribution in [0.1, 0.15) is 27.2 Å². The van der Waals surface area contributed by atoms with E-state index < -0.39 is 11.7 Å². The SMILES string of the molecule is CC(C)(C)OC(=O)NCCCNc1nc(Cl)ncc1I. The average Bonchev–Trinajstić information content (AvgIpc) is 2.30. The molecule has 0 aliphatic rings. The van der Waals surface area contributed by atoms with Gasteiger partial charge in [0.2, 0.25) is 5.28 Å². The minimum Gasteiger partial charge on any atom is -0.444 e. The molecule has 8 heteroatoms. The molecule has 0 spiro atoms. The third-order valence-corrected chi connectivity index (χ3v) is 3.00. The van der Waals surface area contributed by atoms with E-state index in [1.165, 1.54) is 0 Å². The van der Waals surface area contributed by atoms with Gasteiger partial charge in [0.25, 0.3) is 0 Å². The highest BCUT2D eigenvalue weighted by Gasteiger charge is 2.15. The highest BCUT2D eigenvalue weighted by molar-refractivity contribution is 14.1. The number of carbonyl (C=O) groups is 1. The summed E-state index contributed by atoms with van der Waals surface area (Å²) < 4.78 is 6.02. The smallest absolute Gasteiger partial charge is 0.407 e. The van der Waals surface area contributed by atoms with Crippen molar-refractivity contribution in [3.8, 4) is 0 Å². The molecule has 0 aliphatic carbocycles. The monoisotopic (exact) mass is 412 g/mol. The van der Waals surface area contributed by atoms with E-state index in [0.717, 1.165) is 9.99 Å². The van der Waals surface area contributed by atoms with E-state index in [1.807, 2.05) is 20.8 Å². The van der Waals surface area contributed by atoms with Gasteiger partial charge in [-0.1, -0.05) is 0 Å². The summed E-state index contributed by atoms with van der Waals surface area (Å²) in [4.78, 5) is 19.3. The number of carbonyl (C=O) groups excluding carboxylic acids is 1. The number of ether oxygens (including phenoxy) is 1. The normalized spacial score (nSPS) is 11.1. The lowest BCUT2D eigenvalue weighted by molar-refractivity contribution is 0.0528. The summed E-state index contributed by atoms with van der Waals surface area (Å²) in [6, 6.07) is 0. The first-order chi connectivity index (χ1) is 9.28. The molecule has 112 valence electrons. The summed E-state index contributed by atoms with van der Waals surface area (Å²) in [6.45, 7) is 6.68. The number of nitrogens with zero attached hydrogens (tertiary/aromatic N) is 2. The maximum atomic E-state index is 11.4. The van der Waals surface area contributed by atoms with Gasteiger partial charge >= 0.3 is 6.09 Å². The molecule has 0 aromatic carbocycles. The first kappa shape index (κ1) is 17.2. The Morgan fingerprint density at radius 2 is 2.15 bits per heavy atom. The van der Waals surface area contributed by atoms with Gasteiger partial charge in [-0.15, -0.1) is 0 Å². The fourth-order valence-electron chi connectivity index (χ4n) is 1.27. The van der Waals surface area contributed by atoms with Crippen molar-refractivity contribution in [2.75, 3.05) is 18.4 Å². The number of hydrogen-bond donors (Lipinski definition) is 2. The van der Waals surface area contributed by atoms with Gasteiger partial charge in [0.1, 0.15) is 11.4 Å². The van der Waals surface area contributed by atoms with Crippen LogP contribution in [0.3, 0.4) is 0 Å². The molecule has 0 unspecified atom stereocenters. The zero-order valence-corrected chi connectivity index (χ0v) is 14.6. The van der Waals surface area contributed by atoms with Crippen molar-refractivity contribution < 1.29 is 9.53 Å². The van der Waals surface area contributed by atoms with Crippen LogP contribution in [0.25, 0.3) is 0 Å². The van der Waals surface area contributed by atoms with Gasteiger partial charge in [-0.05, 0) is 61.4 Å². The van der Waals surface area contributed by atoms with E-state index >= 15 is 0 Å². The Morgan fingerprint density at radius 3 is 2.80 bits per heavy atom. The Kier molecular flexibility index (Phi) is 6.74. The van der Waals surface area contributed by atoms with Crippen LogP contribution in [0.5, 0.6) is 0 Å². The third-order valence-electron chi connectivity index (χ3n) is 2.03. The molecule has 1 amide bonds. The molecule has 0 fully saturated rings. The van der Waals surface area contributed by atoms with E-state index in [4.69, 9.17) is 16.3 Å². The summed E-state index contributed by atoms with van der Waals surface area (Å²) in [5.74, 6) is 0.697. The van der Waals surface area contributed by atoms with Crippen LogP contribution in [0.2, 0.25) is 5.28 Å². The first-order valence-corrected chi connectivity index (χ1v) is 7.62. The van der Waals surface area contributed by atoms with Crippen molar-refractivity contribution in [2.24, 2.45) is 0 Å². The Balaban J connectivity index is 2.22. The lowest BCUT2D eigenvalue weighted by Crippen LogP contribution is -2.33. The number of hydrogen-bond acceptors (Lipinski definition) is 5. The van der Waals surface area contributed by atoms with Crippen molar-refractivity contribution in [1.29, 1.82) is 0 Å². The molecule has 0 radical (unpaired) electrons. The van der Waals surface area contributed by atoms with Gasteiger partial charge in [-0.25, -0.2) is 9.78 Å². The minimum absolute atomic E-state index is 0.208. The second-order valence-corrected chi connectivity index (χ2v) is 6.54. The molecule has 1 aromatic heterocycles. The van der Waals surface area contributed by atoms with Crippen molar-refractivity contribution in [3.63, 3.8) is 0 Å². The molecule has 0 saturated heterocycles. The summed E-state index contributed by atoms with van der Waals surface area (Å²) in [5.41, 5.74) is -0.476. The number of alkyl carbamates (subject to hydrolysis) is 1. The van der Waals surface area contributed by atoms with Gasteiger partial charge in [0, 0.05) is 19.3 Å². The number of rotatable bonds is 5. The van der Waals surface area contributed by atoms with Gasteiger partial charge in [0.15, 0.2) is 0 Å². The Bertz CT molecular complexity index is 465. The maximum absolute atomic E-state index is 11.4. The van der Waals surface area contributed by atoms with Gasteiger partial charge in [-0.3, -0.25) is 0 Å². The van der Waals surface area contributed by atoms with Crippen molar-refractivity contribution in [1.82, 2.24) is 15.3 Å². The molecular formula is C12H18ClIN4O2. The van der Waals surface area contributed by atoms with E-state index in [9.17, 15) is 4.79 Å². The van der Waals surface area contributed by atoms with Crippen LogP contribution in [0.15, 0.2) is 6.20 Å². The van der Waals surface area contributed by atoms with E-state index in [0.29, 0.717) is 18.9 Å². The Hall–Kier alpha value is -0.830. The van der Waals surface area contributed by atoms with Crippen molar-refractivity contribution in [3.05, 3.63) is 15.1 Å². The molecule has 0 atom stereocenters. The fraction of sp³-hybridized carbons (Fsp3) is 0.583. The number of halogens is 2. The van der Waals surface area contributed by atoms with Crippen LogP contribution < -0.4 is 10.6 Å². The largest absolute Gasteiger partial charge is 0.444 e. The third kappa shape index (κ3) is 7.09. The topological polar surface area (TPSA) is 76.1 Å². The summed E-state index contributed by atoms with van der Waals surface area (Å²) in [5, 5.41) is 6.04. The lowest BCUT2D eigenvalue weighted by Gasteiger charge is -2.19. The predicted octanol–water partition coefficient (Wildman–Crippen LogP) is 3.06. The van der Waals surface area contributed by atoms with Gasteiger partial charge in [-0.2, -0.15) is 4.98 Å². The molecular weight excluding hydrogens is 395 g/mol. The van der Waals surface area contributed by atoms with Crippen LogP contribution in [-0.2, 0) is 4.74 Å². The maximum Gasteiger partial charge on any atom is 0.407 e. The quantitative estimate of drug-likeness (QED) is 0.442. The predicted molar refractivity (Wildman–Crippen MR) is 87.1 cm³/mol. The Morgan fingerprint density at radius 1 is 1.45 bits per heavy atom. The molecule has 0 aliphatic heterocycles. The second kappa shape index (κ2) is 7.82. The van der Waals surface area contributed by atoms with Gasteiger partial charge in [0.05, 0.1) is 3.57 Å². The number of amides is 1. The summed E-state index contributed by atoms with van der Waals surface area (Å²) in [6.07, 6.45) is 1.99. The number of nitrogens with one attached hydrogen (secondary N) is 2. The zero-order valence-electron chi connectivity index (χ0n) is 11.7. The molecule has 1 aromatic rings. The van der Waals surface area contributed by atoms with Crippen molar-refractivity contribution >= 4 is 46.1 Å². The van der Waals surface area contributed by atoms with E-state index in [1.54, 1.807) is 6.20 Å². The molecule has 6 nitrogen and oxygen atoms in total. The average molecular weight is 413 g/mol. The zero-order chi connectivity index (χ0) is 15.2. The van der Waals surface area contributed by atoms with Crippen LogP contribution in [0.4, 0.5) is 10.6 Å². The van der Waals surface area contributed by atoms with E-state index in [2.05, 4.69) is 43.2 Å². The second-order valence-electron chi connectivity index (χ2n) is 5.04. The minimum atomic E-state index is -0.476. The van der Waals surface area contributed by atoms with Crippen LogP contribution in [0, 0.1) is 3.57 Å². The standard InChI is InChI=1S/C12H18ClIN4O2/c1-12(2,3)20-11(19)16-6-4-5-15-9-8(14)7-17-10(13)18-9/h7H,4-6H2,1-3H3,(H,16,19)(H,15,17,18). The molecule has 2 N–H and O–H groups in total. The summed E-state index contributed by atoms with van der Waals surface area (Å²) >= 11 is 7.85.